The molecule has 0 aliphatic carbocycles. The molecule has 0 bridgehead atoms. The first kappa shape index (κ1) is 11.5. The summed E-state index contributed by atoms with van der Waals surface area (Å²) in [6, 6.07) is 8.72. The summed E-state index contributed by atoms with van der Waals surface area (Å²) in [5.41, 5.74) is 2.47. The van der Waals surface area contributed by atoms with Gasteiger partial charge in [-0.1, -0.05) is 31.5 Å². The molecule has 0 aliphatic rings. The molecule has 16 heavy (non-hydrogen) atoms. The van der Waals surface area contributed by atoms with Crippen molar-refractivity contribution >= 4 is 22.5 Å². The van der Waals surface area contributed by atoms with Crippen molar-refractivity contribution in [2.45, 2.75) is 26.4 Å². The Balaban J connectivity index is 2.36. The minimum atomic E-state index is 0.501. The maximum atomic E-state index is 6.00. The summed E-state index contributed by atoms with van der Waals surface area (Å²) < 4.78 is 2.19. The quantitative estimate of drug-likeness (QED) is 0.865. The number of hydrogen-bond donors (Lipinski definition) is 1. The Labute approximate surface area is 101 Å². The average molecular weight is 237 g/mol. The van der Waals surface area contributed by atoms with Crippen LogP contribution in [0.4, 0.5) is 0 Å². The molecule has 0 spiro atoms. The van der Waals surface area contributed by atoms with Crippen LogP contribution in [-0.2, 0) is 13.6 Å². The SMILES string of the molecule is CC(C)NCc1cc2ccc(Cl)cc2n1C. The third-order valence-electron chi connectivity index (χ3n) is 2.80. The van der Waals surface area contributed by atoms with Gasteiger partial charge in [0.2, 0.25) is 0 Å². The number of aromatic nitrogens is 1. The molecular weight excluding hydrogens is 220 g/mol. The molecule has 0 fully saturated rings. The van der Waals surface area contributed by atoms with E-state index in [4.69, 9.17) is 11.6 Å². The highest BCUT2D eigenvalue weighted by Gasteiger charge is 2.06. The fourth-order valence-corrected chi connectivity index (χ4v) is 2.01. The van der Waals surface area contributed by atoms with Gasteiger partial charge in [-0.25, -0.2) is 0 Å². The van der Waals surface area contributed by atoms with E-state index in [-0.39, 0.29) is 0 Å². The van der Waals surface area contributed by atoms with Gasteiger partial charge in [-0.3, -0.25) is 0 Å². The lowest BCUT2D eigenvalue weighted by Crippen LogP contribution is -2.22. The Morgan fingerprint density at radius 2 is 2.06 bits per heavy atom. The average Bonchev–Trinajstić information content (AvgIpc) is 2.53. The van der Waals surface area contributed by atoms with Crippen molar-refractivity contribution in [3.63, 3.8) is 0 Å². The van der Waals surface area contributed by atoms with Crippen molar-refractivity contribution in [2.75, 3.05) is 0 Å². The molecule has 1 aromatic heterocycles. The van der Waals surface area contributed by atoms with E-state index in [0.29, 0.717) is 6.04 Å². The van der Waals surface area contributed by atoms with Crippen LogP contribution in [0.1, 0.15) is 19.5 Å². The number of aryl methyl sites for hydroxylation is 1. The standard InChI is InChI=1S/C13H17ClN2/c1-9(2)15-8-12-6-10-4-5-11(14)7-13(10)16(12)3/h4-7,9,15H,8H2,1-3H3. The van der Waals surface area contributed by atoms with E-state index in [2.05, 4.69) is 42.9 Å². The van der Waals surface area contributed by atoms with Crippen LogP contribution in [0.3, 0.4) is 0 Å². The Hall–Kier alpha value is -0.990. The van der Waals surface area contributed by atoms with Gasteiger partial charge in [-0.05, 0) is 23.6 Å². The topological polar surface area (TPSA) is 17.0 Å². The number of rotatable bonds is 3. The predicted molar refractivity (Wildman–Crippen MR) is 69.9 cm³/mol. The Morgan fingerprint density at radius 3 is 2.75 bits per heavy atom. The third kappa shape index (κ3) is 2.23. The molecule has 2 rings (SSSR count). The van der Waals surface area contributed by atoms with Gasteiger partial charge in [0, 0.05) is 35.9 Å². The third-order valence-corrected chi connectivity index (χ3v) is 3.03. The zero-order valence-electron chi connectivity index (χ0n) is 9.92. The van der Waals surface area contributed by atoms with Crippen molar-refractivity contribution < 1.29 is 0 Å². The van der Waals surface area contributed by atoms with E-state index >= 15 is 0 Å². The summed E-state index contributed by atoms with van der Waals surface area (Å²) in [5.74, 6) is 0. The molecule has 1 heterocycles. The molecule has 0 atom stereocenters. The molecule has 1 aromatic carbocycles. The smallest absolute Gasteiger partial charge is 0.0495 e. The minimum absolute atomic E-state index is 0.501. The van der Waals surface area contributed by atoms with Crippen molar-refractivity contribution in [1.29, 1.82) is 0 Å². The van der Waals surface area contributed by atoms with Gasteiger partial charge in [0.05, 0.1) is 0 Å². The predicted octanol–water partition coefficient (Wildman–Crippen LogP) is 3.33. The van der Waals surface area contributed by atoms with Gasteiger partial charge in [0.25, 0.3) is 0 Å². The maximum absolute atomic E-state index is 6.00. The minimum Gasteiger partial charge on any atom is -0.346 e. The van der Waals surface area contributed by atoms with Crippen molar-refractivity contribution in [3.05, 3.63) is 35.0 Å². The molecular formula is C13H17ClN2. The van der Waals surface area contributed by atoms with Crippen LogP contribution in [0.15, 0.2) is 24.3 Å². The van der Waals surface area contributed by atoms with Crippen molar-refractivity contribution in [2.24, 2.45) is 7.05 Å². The first-order valence-electron chi connectivity index (χ1n) is 5.55. The number of benzene rings is 1. The summed E-state index contributed by atoms with van der Waals surface area (Å²) in [6.45, 7) is 5.19. The monoisotopic (exact) mass is 236 g/mol. The van der Waals surface area contributed by atoms with Crippen molar-refractivity contribution in [3.8, 4) is 0 Å². The van der Waals surface area contributed by atoms with Gasteiger partial charge < -0.3 is 9.88 Å². The molecule has 2 aromatic rings. The second kappa shape index (κ2) is 4.48. The van der Waals surface area contributed by atoms with Crippen LogP contribution in [0, 0.1) is 0 Å². The Kier molecular flexibility index (Phi) is 3.22. The van der Waals surface area contributed by atoms with Crippen LogP contribution in [-0.4, -0.2) is 10.6 Å². The van der Waals surface area contributed by atoms with Crippen LogP contribution < -0.4 is 5.32 Å². The summed E-state index contributed by atoms with van der Waals surface area (Å²) in [4.78, 5) is 0. The maximum Gasteiger partial charge on any atom is 0.0495 e. The summed E-state index contributed by atoms with van der Waals surface area (Å²) in [6.07, 6.45) is 0. The van der Waals surface area contributed by atoms with Crippen LogP contribution in [0.25, 0.3) is 10.9 Å². The lowest BCUT2D eigenvalue weighted by atomic mass is 10.2. The number of fused-ring (bicyclic) bond motifs is 1. The van der Waals surface area contributed by atoms with Gasteiger partial charge >= 0.3 is 0 Å². The lowest BCUT2D eigenvalue weighted by Gasteiger charge is -2.09. The summed E-state index contributed by atoms with van der Waals surface area (Å²) >= 11 is 6.00. The molecule has 1 N–H and O–H groups in total. The zero-order chi connectivity index (χ0) is 11.7. The molecule has 3 heteroatoms. The van der Waals surface area contributed by atoms with Gasteiger partial charge in [0.1, 0.15) is 0 Å². The molecule has 86 valence electrons. The van der Waals surface area contributed by atoms with Crippen molar-refractivity contribution in [1.82, 2.24) is 9.88 Å². The highest BCUT2D eigenvalue weighted by Crippen LogP contribution is 2.22. The number of halogens is 1. The first-order valence-corrected chi connectivity index (χ1v) is 5.93. The zero-order valence-corrected chi connectivity index (χ0v) is 10.7. The Morgan fingerprint density at radius 1 is 1.31 bits per heavy atom. The van der Waals surface area contributed by atoms with E-state index in [0.717, 1.165) is 11.6 Å². The molecule has 0 saturated heterocycles. The molecule has 0 unspecified atom stereocenters. The van der Waals surface area contributed by atoms with Crippen LogP contribution in [0.2, 0.25) is 5.02 Å². The highest BCUT2D eigenvalue weighted by atomic mass is 35.5. The van der Waals surface area contributed by atoms with E-state index in [1.807, 2.05) is 12.1 Å². The van der Waals surface area contributed by atoms with E-state index < -0.39 is 0 Å². The number of nitrogens with zero attached hydrogens (tertiary/aromatic N) is 1. The largest absolute Gasteiger partial charge is 0.346 e. The summed E-state index contributed by atoms with van der Waals surface area (Å²) in [7, 11) is 2.08. The lowest BCUT2D eigenvalue weighted by molar-refractivity contribution is 0.572. The molecule has 2 nitrogen and oxygen atoms in total. The second-order valence-electron chi connectivity index (χ2n) is 4.43. The van der Waals surface area contributed by atoms with E-state index in [1.165, 1.54) is 16.6 Å². The number of hydrogen-bond acceptors (Lipinski definition) is 1. The van der Waals surface area contributed by atoms with Gasteiger partial charge in [0.15, 0.2) is 0 Å². The summed E-state index contributed by atoms with van der Waals surface area (Å²) in [5, 5.41) is 5.46. The van der Waals surface area contributed by atoms with Gasteiger partial charge in [-0.2, -0.15) is 0 Å². The first-order chi connectivity index (χ1) is 7.58. The fraction of sp³-hybridized carbons (Fsp3) is 0.385. The van der Waals surface area contributed by atoms with E-state index in [1.54, 1.807) is 0 Å². The second-order valence-corrected chi connectivity index (χ2v) is 4.87. The molecule has 0 aliphatic heterocycles. The van der Waals surface area contributed by atoms with Gasteiger partial charge in [-0.15, -0.1) is 0 Å². The van der Waals surface area contributed by atoms with Crippen LogP contribution in [0.5, 0.6) is 0 Å². The van der Waals surface area contributed by atoms with E-state index in [9.17, 15) is 0 Å². The number of nitrogens with one attached hydrogen (secondary N) is 1. The Bertz CT molecular complexity index is 500. The molecule has 0 amide bonds. The molecule has 0 radical (unpaired) electrons. The highest BCUT2D eigenvalue weighted by molar-refractivity contribution is 6.31. The van der Waals surface area contributed by atoms with Crippen LogP contribution >= 0.6 is 11.6 Å². The normalized spacial score (nSPS) is 11.6. The molecule has 0 saturated carbocycles. The fourth-order valence-electron chi connectivity index (χ4n) is 1.84.